The molecule has 0 amide bonds. The van der Waals surface area contributed by atoms with Crippen molar-refractivity contribution in [1.29, 1.82) is 5.26 Å². The van der Waals surface area contributed by atoms with Gasteiger partial charge in [-0.2, -0.15) is 18.4 Å². The van der Waals surface area contributed by atoms with Crippen molar-refractivity contribution >= 4 is 16.9 Å². The number of aromatic nitrogens is 1. The van der Waals surface area contributed by atoms with Gasteiger partial charge in [0.1, 0.15) is 11.6 Å². The van der Waals surface area contributed by atoms with Gasteiger partial charge in [-0.25, -0.2) is 0 Å². The fraction of sp³-hybridized carbons (Fsp3) is 0.143. The number of carbonyl (C=O) groups is 1. The molecule has 0 fully saturated rings. The molecule has 118 valence electrons. The van der Waals surface area contributed by atoms with Crippen LogP contribution in [0.3, 0.4) is 0 Å². The molecule has 4 N–H and O–H groups in total. The fourth-order valence-electron chi connectivity index (χ4n) is 2.79. The van der Waals surface area contributed by atoms with E-state index in [1.54, 1.807) is 6.07 Å². The van der Waals surface area contributed by atoms with Crippen molar-refractivity contribution in [3.63, 3.8) is 0 Å². The Morgan fingerprint density at radius 3 is 2.61 bits per heavy atom. The Balaban J connectivity index is 2.55. The van der Waals surface area contributed by atoms with Gasteiger partial charge >= 0.3 is 12.1 Å². The van der Waals surface area contributed by atoms with Crippen LogP contribution in [0.15, 0.2) is 35.7 Å². The molecule has 0 saturated heterocycles. The highest BCUT2D eigenvalue weighted by Crippen LogP contribution is 2.54. The number of alkyl halides is 3. The van der Waals surface area contributed by atoms with Crippen molar-refractivity contribution in [1.82, 2.24) is 4.98 Å². The van der Waals surface area contributed by atoms with Gasteiger partial charge in [0, 0.05) is 10.9 Å². The smallest absolute Gasteiger partial charge is 0.414 e. The van der Waals surface area contributed by atoms with Crippen LogP contribution in [0.5, 0.6) is 5.88 Å². The molecule has 1 aromatic heterocycles. The third-order valence-electron chi connectivity index (χ3n) is 3.74. The van der Waals surface area contributed by atoms with Crippen molar-refractivity contribution in [3.8, 4) is 11.9 Å². The number of para-hydroxylation sites is 1. The first kappa shape index (κ1) is 14.8. The van der Waals surface area contributed by atoms with Gasteiger partial charge in [0.25, 0.3) is 0 Å². The van der Waals surface area contributed by atoms with Crippen LogP contribution in [0, 0.1) is 11.3 Å². The maximum absolute atomic E-state index is 13.9. The number of rotatable bonds is 1. The van der Waals surface area contributed by atoms with Gasteiger partial charge in [-0.05, 0) is 6.07 Å². The summed E-state index contributed by atoms with van der Waals surface area (Å²) in [7, 11) is 0. The molecule has 1 atom stereocenters. The highest BCUT2D eigenvalue weighted by molar-refractivity contribution is 5.99. The highest BCUT2D eigenvalue weighted by atomic mass is 19.4. The SMILES string of the molecule is N#CC1=C(N)Oc2[nH]c3ccccc3c2[C@]1(C(=O)O)C(F)(F)F. The van der Waals surface area contributed by atoms with Crippen LogP contribution >= 0.6 is 0 Å². The number of halogens is 3. The monoisotopic (exact) mass is 323 g/mol. The standard InChI is InChI=1S/C14H8F3N3O3/c15-14(16,17)13(12(21)22)7(5-18)10(19)23-11-9(13)6-3-1-2-4-8(6)20-11/h1-4,20H,19H2,(H,21,22)/t13-/m1/s1. The summed E-state index contributed by atoms with van der Waals surface area (Å²) in [6.45, 7) is 0. The highest BCUT2D eigenvalue weighted by Gasteiger charge is 2.69. The van der Waals surface area contributed by atoms with Crippen LogP contribution in [-0.2, 0) is 10.2 Å². The predicted molar refractivity (Wildman–Crippen MR) is 71.1 cm³/mol. The summed E-state index contributed by atoms with van der Waals surface area (Å²) >= 11 is 0. The van der Waals surface area contributed by atoms with Crippen molar-refractivity contribution in [2.24, 2.45) is 5.73 Å². The molecule has 2 aromatic rings. The zero-order valence-electron chi connectivity index (χ0n) is 11.2. The van der Waals surface area contributed by atoms with E-state index in [4.69, 9.17) is 15.7 Å². The second-order valence-corrected chi connectivity index (χ2v) is 4.88. The van der Waals surface area contributed by atoms with Crippen LogP contribution in [0.1, 0.15) is 5.56 Å². The summed E-state index contributed by atoms with van der Waals surface area (Å²) in [5.74, 6) is -3.59. The second kappa shape index (κ2) is 4.42. The number of nitriles is 1. The van der Waals surface area contributed by atoms with Gasteiger partial charge < -0.3 is 20.6 Å². The quantitative estimate of drug-likeness (QED) is 0.744. The summed E-state index contributed by atoms with van der Waals surface area (Å²) in [6.07, 6.45) is -5.31. The molecular formula is C14H8F3N3O3. The number of aliphatic carboxylic acids is 1. The number of aromatic amines is 1. The molecule has 1 aliphatic heterocycles. The maximum atomic E-state index is 13.9. The minimum atomic E-state index is -5.31. The lowest BCUT2D eigenvalue weighted by Crippen LogP contribution is -2.53. The molecule has 0 saturated carbocycles. The van der Waals surface area contributed by atoms with Crippen molar-refractivity contribution in [3.05, 3.63) is 41.3 Å². The van der Waals surface area contributed by atoms with Gasteiger partial charge in [0.2, 0.25) is 17.2 Å². The number of fused-ring (bicyclic) bond motifs is 3. The average molecular weight is 323 g/mol. The van der Waals surface area contributed by atoms with E-state index >= 15 is 0 Å². The third kappa shape index (κ3) is 1.66. The van der Waals surface area contributed by atoms with Gasteiger partial charge in [-0.15, -0.1) is 0 Å². The van der Waals surface area contributed by atoms with E-state index in [9.17, 15) is 23.1 Å². The molecular weight excluding hydrogens is 315 g/mol. The Bertz CT molecular complexity index is 907. The molecule has 0 spiro atoms. The molecule has 1 aromatic carbocycles. The molecule has 0 aliphatic carbocycles. The number of benzene rings is 1. The number of carboxylic acid groups (broad SMARTS) is 1. The Labute approximate surface area is 126 Å². The summed E-state index contributed by atoms with van der Waals surface area (Å²) in [5.41, 5.74) is 0.144. The first-order chi connectivity index (χ1) is 10.7. The zero-order valence-corrected chi connectivity index (χ0v) is 11.2. The molecule has 0 unspecified atom stereocenters. The van der Waals surface area contributed by atoms with Crippen molar-refractivity contribution in [2.45, 2.75) is 11.6 Å². The van der Waals surface area contributed by atoms with E-state index in [1.807, 2.05) is 0 Å². The summed E-state index contributed by atoms with van der Waals surface area (Å²) in [6, 6.07) is 7.03. The van der Waals surface area contributed by atoms with Crippen LogP contribution in [0.2, 0.25) is 0 Å². The molecule has 0 radical (unpaired) electrons. The molecule has 2 heterocycles. The molecule has 6 nitrogen and oxygen atoms in total. The maximum Gasteiger partial charge on any atom is 0.414 e. The van der Waals surface area contributed by atoms with Gasteiger partial charge in [-0.3, -0.25) is 4.79 Å². The second-order valence-electron chi connectivity index (χ2n) is 4.88. The van der Waals surface area contributed by atoms with Gasteiger partial charge in [0.15, 0.2) is 0 Å². The van der Waals surface area contributed by atoms with Crippen LogP contribution in [0.25, 0.3) is 10.9 Å². The molecule has 1 aliphatic rings. The Morgan fingerprint density at radius 1 is 1.39 bits per heavy atom. The lowest BCUT2D eigenvalue weighted by molar-refractivity contribution is -0.197. The van der Waals surface area contributed by atoms with Crippen molar-refractivity contribution in [2.75, 3.05) is 0 Å². The van der Waals surface area contributed by atoms with Crippen LogP contribution < -0.4 is 10.5 Å². The normalized spacial score (nSPS) is 20.8. The first-order valence-electron chi connectivity index (χ1n) is 6.24. The fourth-order valence-corrected chi connectivity index (χ4v) is 2.79. The van der Waals surface area contributed by atoms with E-state index in [-0.39, 0.29) is 10.9 Å². The largest absolute Gasteiger partial charge is 0.480 e. The van der Waals surface area contributed by atoms with Crippen LogP contribution in [-0.4, -0.2) is 22.2 Å². The summed E-state index contributed by atoms with van der Waals surface area (Å²) < 4.78 is 46.6. The van der Waals surface area contributed by atoms with Gasteiger partial charge in [0.05, 0.1) is 5.56 Å². The van der Waals surface area contributed by atoms with E-state index in [2.05, 4.69) is 4.98 Å². The number of hydrogen-bond acceptors (Lipinski definition) is 4. The third-order valence-corrected chi connectivity index (χ3v) is 3.74. The average Bonchev–Trinajstić information content (AvgIpc) is 2.81. The summed E-state index contributed by atoms with van der Waals surface area (Å²) in [5, 5.41) is 18.5. The topological polar surface area (TPSA) is 112 Å². The molecule has 3 rings (SSSR count). The van der Waals surface area contributed by atoms with E-state index in [0.717, 1.165) is 0 Å². The van der Waals surface area contributed by atoms with E-state index < -0.39 is 40.5 Å². The number of carboxylic acids is 1. The minimum Gasteiger partial charge on any atom is -0.480 e. The number of ether oxygens (including phenoxy) is 1. The van der Waals surface area contributed by atoms with Crippen molar-refractivity contribution < 1.29 is 27.8 Å². The minimum absolute atomic E-state index is 0.0116. The zero-order chi connectivity index (χ0) is 17.0. The van der Waals surface area contributed by atoms with E-state index in [1.165, 1.54) is 24.3 Å². The Hall–Kier alpha value is -3.15. The Morgan fingerprint density at radius 2 is 2.04 bits per heavy atom. The predicted octanol–water partition coefficient (Wildman–Crippen LogP) is 2.14. The number of H-pyrrole nitrogens is 1. The lowest BCUT2D eigenvalue weighted by atomic mass is 9.72. The number of hydrogen-bond donors (Lipinski definition) is 3. The molecule has 9 heteroatoms. The summed E-state index contributed by atoms with van der Waals surface area (Å²) in [4.78, 5) is 14.3. The molecule has 23 heavy (non-hydrogen) atoms. The number of nitrogens with two attached hydrogens (primary N) is 1. The van der Waals surface area contributed by atoms with E-state index in [0.29, 0.717) is 0 Å². The Kier molecular flexibility index (Phi) is 2.84. The molecule has 0 bridgehead atoms. The van der Waals surface area contributed by atoms with Crippen LogP contribution in [0.4, 0.5) is 13.2 Å². The number of nitrogens with zero attached hydrogens (tertiary/aromatic N) is 1. The first-order valence-corrected chi connectivity index (χ1v) is 6.24. The number of nitrogens with one attached hydrogen (secondary N) is 1. The lowest BCUT2D eigenvalue weighted by Gasteiger charge is -2.34. The van der Waals surface area contributed by atoms with Gasteiger partial charge in [-0.1, -0.05) is 18.2 Å².